The molecule has 1 heterocycles. The molecule has 0 atom stereocenters. The van der Waals surface area contributed by atoms with Gasteiger partial charge < -0.3 is 16.0 Å². The molecule has 0 bridgehead atoms. The molecule has 0 saturated carbocycles. The van der Waals surface area contributed by atoms with Crippen LogP contribution < -0.4 is 11.1 Å². The smallest absolute Gasteiger partial charge is 0.273 e. The number of primary amides is 1. The SMILES string of the molecule is CN(C)C(=O)c1ccc(NC(C)(C)CC(N)=O)nn1. The van der Waals surface area contributed by atoms with Gasteiger partial charge in [-0.15, -0.1) is 10.2 Å². The van der Waals surface area contributed by atoms with Crippen molar-refractivity contribution < 1.29 is 9.59 Å². The lowest BCUT2D eigenvalue weighted by Crippen LogP contribution is -2.36. The predicted molar refractivity (Wildman–Crippen MR) is 71.6 cm³/mol. The molecule has 0 fully saturated rings. The van der Waals surface area contributed by atoms with E-state index in [4.69, 9.17) is 5.73 Å². The van der Waals surface area contributed by atoms with Crippen molar-refractivity contribution in [1.82, 2.24) is 15.1 Å². The summed E-state index contributed by atoms with van der Waals surface area (Å²) in [7, 11) is 3.29. The summed E-state index contributed by atoms with van der Waals surface area (Å²) in [6, 6.07) is 3.23. The molecule has 104 valence electrons. The molecule has 0 aliphatic carbocycles. The minimum atomic E-state index is -0.520. The first-order chi connectivity index (χ1) is 8.71. The van der Waals surface area contributed by atoms with Crippen molar-refractivity contribution in [3.05, 3.63) is 17.8 Å². The highest BCUT2D eigenvalue weighted by Crippen LogP contribution is 2.15. The average molecular weight is 265 g/mol. The number of hydrogen-bond acceptors (Lipinski definition) is 5. The molecule has 1 aromatic rings. The second-order valence-corrected chi connectivity index (χ2v) is 5.16. The topological polar surface area (TPSA) is 101 Å². The molecule has 19 heavy (non-hydrogen) atoms. The number of aromatic nitrogens is 2. The van der Waals surface area contributed by atoms with Crippen LogP contribution in [-0.2, 0) is 4.79 Å². The van der Waals surface area contributed by atoms with Crippen molar-refractivity contribution in [3.63, 3.8) is 0 Å². The van der Waals surface area contributed by atoms with E-state index in [-0.39, 0.29) is 18.0 Å². The number of rotatable bonds is 5. The van der Waals surface area contributed by atoms with E-state index in [1.54, 1.807) is 26.2 Å². The molecular weight excluding hydrogens is 246 g/mol. The Hall–Kier alpha value is -2.18. The molecule has 0 radical (unpaired) electrons. The van der Waals surface area contributed by atoms with Gasteiger partial charge in [-0.25, -0.2) is 0 Å². The Labute approximate surface area is 112 Å². The molecule has 7 heteroatoms. The molecule has 3 N–H and O–H groups in total. The van der Waals surface area contributed by atoms with Gasteiger partial charge in [-0.2, -0.15) is 0 Å². The Morgan fingerprint density at radius 3 is 2.37 bits per heavy atom. The first kappa shape index (κ1) is 14.9. The first-order valence-corrected chi connectivity index (χ1v) is 5.83. The van der Waals surface area contributed by atoms with E-state index in [1.807, 2.05) is 13.8 Å². The third-order valence-corrected chi connectivity index (χ3v) is 2.37. The minimum Gasteiger partial charge on any atom is -0.370 e. The van der Waals surface area contributed by atoms with Crippen LogP contribution in [0.2, 0.25) is 0 Å². The molecule has 7 nitrogen and oxygen atoms in total. The van der Waals surface area contributed by atoms with E-state index in [2.05, 4.69) is 15.5 Å². The molecule has 2 amide bonds. The Kier molecular flexibility index (Phi) is 4.42. The van der Waals surface area contributed by atoms with E-state index < -0.39 is 11.4 Å². The van der Waals surface area contributed by atoms with Crippen molar-refractivity contribution >= 4 is 17.6 Å². The number of nitrogens with zero attached hydrogens (tertiary/aromatic N) is 3. The fraction of sp³-hybridized carbons (Fsp3) is 0.500. The molecule has 0 aliphatic heterocycles. The van der Waals surface area contributed by atoms with E-state index in [0.29, 0.717) is 5.82 Å². The fourth-order valence-electron chi connectivity index (χ4n) is 1.57. The molecule has 1 aromatic heterocycles. The van der Waals surface area contributed by atoms with Crippen LogP contribution in [0.4, 0.5) is 5.82 Å². The van der Waals surface area contributed by atoms with Crippen LogP contribution in [-0.4, -0.2) is 46.5 Å². The lowest BCUT2D eigenvalue weighted by molar-refractivity contribution is -0.118. The first-order valence-electron chi connectivity index (χ1n) is 5.83. The predicted octanol–water partition coefficient (Wildman–Crippen LogP) is 0.244. The van der Waals surface area contributed by atoms with Crippen LogP contribution in [0.3, 0.4) is 0 Å². The van der Waals surface area contributed by atoms with Gasteiger partial charge in [-0.05, 0) is 26.0 Å². The molecular formula is C12H19N5O2. The number of amides is 2. The third kappa shape index (κ3) is 4.53. The number of nitrogens with two attached hydrogens (primary N) is 1. The van der Waals surface area contributed by atoms with Crippen molar-refractivity contribution in [3.8, 4) is 0 Å². The number of carbonyl (C=O) groups excluding carboxylic acids is 2. The molecule has 0 aliphatic rings. The maximum Gasteiger partial charge on any atom is 0.273 e. The molecule has 1 rings (SSSR count). The van der Waals surface area contributed by atoms with Gasteiger partial charge in [0.2, 0.25) is 5.91 Å². The Morgan fingerprint density at radius 1 is 1.32 bits per heavy atom. The van der Waals surface area contributed by atoms with Gasteiger partial charge in [0.15, 0.2) is 5.69 Å². The number of carbonyl (C=O) groups is 2. The van der Waals surface area contributed by atoms with Gasteiger partial charge in [0.25, 0.3) is 5.91 Å². The average Bonchev–Trinajstić information content (AvgIpc) is 2.26. The van der Waals surface area contributed by atoms with Crippen LogP contribution in [0.1, 0.15) is 30.8 Å². The zero-order chi connectivity index (χ0) is 14.6. The van der Waals surface area contributed by atoms with Crippen LogP contribution in [0.15, 0.2) is 12.1 Å². The van der Waals surface area contributed by atoms with E-state index in [0.717, 1.165) is 0 Å². The zero-order valence-electron chi connectivity index (χ0n) is 11.6. The largest absolute Gasteiger partial charge is 0.370 e. The Bertz CT molecular complexity index is 468. The summed E-state index contributed by atoms with van der Waals surface area (Å²) in [6.07, 6.45) is 0.174. The van der Waals surface area contributed by atoms with Gasteiger partial charge in [0.1, 0.15) is 5.82 Å². The van der Waals surface area contributed by atoms with Gasteiger partial charge in [0.05, 0.1) is 0 Å². The van der Waals surface area contributed by atoms with E-state index in [1.165, 1.54) is 4.90 Å². The molecule has 0 saturated heterocycles. The van der Waals surface area contributed by atoms with Crippen molar-refractivity contribution in [1.29, 1.82) is 0 Å². The number of hydrogen-bond donors (Lipinski definition) is 2. The quantitative estimate of drug-likeness (QED) is 0.794. The summed E-state index contributed by atoms with van der Waals surface area (Å²) in [5, 5.41) is 10.8. The van der Waals surface area contributed by atoms with Crippen LogP contribution >= 0.6 is 0 Å². The van der Waals surface area contributed by atoms with Gasteiger partial charge >= 0.3 is 0 Å². The lowest BCUT2D eigenvalue weighted by Gasteiger charge is -2.25. The minimum absolute atomic E-state index is 0.174. The summed E-state index contributed by atoms with van der Waals surface area (Å²) in [5.41, 5.74) is 4.91. The maximum atomic E-state index is 11.6. The Morgan fingerprint density at radius 2 is 1.95 bits per heavy atom. The molecule has 0 spiro atoms. The summed E-state index contributed by atoms with van der Waals surface area (Å²) >= 11 is 0. The van der Waals surface area contributed by atoms with Crippen molar-refractivity contribution in [2.45, 2.75) is 25.8 Å². The fourth-order valence-corrected chi connectivity index (χ4v) is 1.57. The van der Waals surface area contributed by atoms with Crippen molar-refractivity contribution in [2.24, 2.45) is 5.73 Å². The van der Waals surface area contributed by atoms with Crippen LogP contribution in [0.5, 0.6) is 0 Å². The standard InChI is InChI=1S/C12H19N5O2/c1-12(2,7-9(13)18)14-10-6-5-8(15-16-10)11(19)17(3)4/h5-6H,7H2,1-4H3,(H2,13,18)(H,14,16). The third-order valence-electron chi connectivity index (χ3n) is 2.37. The van der Waals surface area contributed by atoms with E-state index in [9.17, 15) is 9.59 Å². The van der Waals surface area contributed by atoms with E-state index >= 15 is 0 Å². The molecule has 0 aromatic carbocycles. The highest BCUT2D eigenvalue weighted by atomic mass is 16.2. The monoisotopic (exact) mass is 265 g/mol. The zero-order valence-corrected chi connectivity index (χ0v) is 11.6. The van der Waals surface area contributed by atoms with Crippen LogP contribution in [0, 0.1) is 0 Å². The lowest BCUT2D eigenvalue weighted by atomic mass is 10.0. The van der Waals surface area contributed by atoms with Gasteiger partial charge in [0, 0.05) is 26.1 Å². The second-order valence-electron chi connectivity index (χ2n) is 5.16. The highest BCUT2D eigenvalue weighted by Gasteiger charge is 2.21. The second kappa shape index (κ2) is 5.64. The Balaban J connectivity index is 2.77. The number of anilines is 1. The van der Waals surface area contributed by atoms with Gasteiger partial charge in [-0.1, -0.05) is 0 Å². The summed E-state index contributed by atoms with van der Waals surface area (Å²) in [5.74, 6) is -0.123. The maximum absolute atomic E-state index is 11.6. The number of nitrogens with one attached hydrogen (secondary N) is 1. The van der Waals surface area contributed by atoms with Gasteiger partial charge in [-0.3, -0.25) is 9.59 Å². The normalized spacial score (nSPS) is 10.9. The summed E-state index contributed by atoms with van der Waals surface area (Å²) < 4.78 is 0. The van der Waals surface area contributed by atoms with Crippen LogP contribution in [0.25, 0.3) is 0 Å². The summed E-state index contributed by atoms with van der Waals surface area (Å²) in [6.45, 7) is 3.66. The summed E-state index contributed by atoms with van der Waals surface area (Å²) in [4.78, 5) is 24.0. The van der Waals surface area contributed by atoms with Crippen molar-refractivity contribution in [2.75, 3.05) is 19.4 Å². The molecule has 0 unspecified atom stereocenters. The highest BCUT2D eigenvalue weighted by molar-refractivity contribution is 5.91.